The number of halogens is 3. The van der Waals surface area contributed by atoms with Crippen molar-refractivity contribution in [1.82, 2.24) is 14.9 Å². The Morgan fingerprint density at radius 3 is 2.24 bits per heavy atom. The van der Waals surface area contributed by atoms with Gasteiger partial charge in [0.2, 0.25) is 12.0 Å². The Labute approximate surface area is 190 Å². The molecule has 2 aromatic rings. The molecule has 33 heavy (non-hydrogen) atoms. The lowest BCUT2D eigenvalue weighted by molar-refractivity contribution is -0.198. The van der Waals surface area contributed by atoms with Crippen LogP contribution in [-0.2, 0) is 4.74 Å². The number of nitrogens with zero attached hydrogens (tertiary/aromatic N) is 4. The topological polar surface area (TPSA) is 67.8 Å². The average molecular weight is 464 g/mol. The lowest BCUT2D eigenvalue weighted by Gasteiger charge is -2.26. The Morgan fingerprint density at radius 1 is 1.03 bits per heavy atom. The number of likely N-dealkylation sites (tertiary alicyclic amines) is 1. The van der Waals surface area contributed by atoms with Crippen molar-refractivity contribution in [1.29, 1.82) is 0 Å². The molecule has 0 aliphatic carbocycles. The molecule has 4 rings (SSSR count). The van der Waals surface area contributed by atoms with Gasteiger partial charge in [0.15, 0.2) is 5.82 Å². The van der Waals surface area contributed by atoms with Gasteiger partial charge in [0, 0.05) is 43.6 Å². The summed E-state index contributed by atoms with van der Waals surface area (Å²) in [5.74, 6) is 0.734. The van der Waals surface area contributed by atoms with E-state index in [1.165, 1.54) is 36.7 Å². The van der Waals surface area contributed by atoms with Crippen LogP contribution >= 0.6 is 0 Å². The fourth-order valence-electron chi connectivity index (χ4n) is 4.28. The number of carbonyl (C=O) groups excluding carboxylic acids is 1. The molecule has 1 aromatic carbocycles. The first kappa shape index (κ1) is 23.1. The van der Waals surface area contributed by atoms with Gasteiger partial charge in [-0.15, -0.1) is 0 Å². The van der Waals surface area contributed by atoms with E-state index < -0.39 is 17.9 Å². The summed E-state index contributed by atoms with van der Waals surface area (Å²) >= 11 is 0. The highest BCUT2D eigenvalue weighted by Crippen LogP contribution is 2.37. The van der Waals surface area contributed by atoms with Crippen molar-refractivity contribution < 1.29 is 27.4 Å². The van der Waals surface area contributed by atoms with E-state index in [1.54, 1.807) is 11.0 Å². The van der Waals surface area contributed by atoms with Gasteiger partial charge in [-0.25, -0.2) is 4.79 Å². The van der Waals surface area contributed by atoms with Crippen LogP contribution in [0.2, 0.25) is 0 Å². The van der Waals surface area contributed by atoms with E-state index >= 15 is 0 Å². The first-order valence-corrected chi connectivity index (χ1v) is 10.8. The van der Waals surface area contributed by atoms with E-state index in [2.05, 4.69) is 9.97 Å². The summed E-state index contributed by atoms with van der Waals surface area (Å²) in [5, 5.41) is 0. The molecule has 0 N–H and O–H groups in total. The number of anilines is 1. The van der Waals surface area contributed by atoms with Crippen LogP contribution in [-0.4, -0.2) is 58.9 Å². The molecular weight excluding hydrogens is 437 g/mol. The summed E-state index contributed by atoms with van der Waals surface area (Å²) < 4.78 is 51.6. The van der Waals surface area contributed by atoms with Crippen molar-refractivity contribution in [3.63, 3.8) is 0 Å². The maximum atomic E-state index is 13.6. The lowest BCUT2D eigenvalue weighted by atomic mass is 10.0. The second kappa shape index (κ2) is 8.72. The molecule has 0 bridgehead atoms. The quantitative estimate of drug-likeness (QED) is 0.666. The van der Waals surface area contributed by atoms with Crippen molar-refractivity contribution in [2.75, 3.05) is 31.1 Å². The Hall–Kier alpha value is -3.04. The van der Waals surface area contributed by atoms with Crippen LogP contribution in [0, 0.1) is 11.8 Å². The predicted octanol–water partition coefficient (Wildman–Crippen LogP) is 4.46. The molecule has 1 amide bonds. The fraction of sp³-hybridized carbons (Fsp3) is 0.522. The fourth-order valence-corrected chi connectivity index (χ4v) is 4.28. The molecule has 10 heteroatoms. The molecule has 3 unspecified atom stereocenters. The zero-order chi connectivity index (χ0) is 23.8. The second-order valence-electron chi connectivity index (χ2n) is 9.48. The molecule has 0 radical (unpaired) electrons. The van der Waals surface area contributed by atoms with Gasteiger partial charge in [-0.05, 0) is 20.8 Å². The zero-order valence-electron chi connectivity index (χ0n) is 18.7. The van der Waals surface area contributed by atoms with Gasteiger partial charge in [0.05, 0.1) is 12.4 Å². The Bertz CT molecular complexity index is 967. The molecule has 1 aromatic heterocycles. The van der Waals surface area contributed by atoms with Gasteiger partial charge in [-0.2, -0.15) is 18.2 Å². The minimum Gasteiger partial charge on any atom is -0.459 e. The summed E-state index contributed by atoms with van der Waals surface area (Å²) in [5.41, 5.74) is -0.555. The highest BCUT2D eigenvalue weighted by atomic mass is 19.4. The zero-order valence-corrected chi connectivity index (χ0v) is 18.7. The normalized spacial score (nSPS) is 21.6. The number of rotatable bonds is 4. The molecule has 2 aliphatic heterocycles. The number of carbonyl (C=O) groups is 1. The minimum atomic E-state index is -4.60. The minimum absolute atomic E-state index is 0.00450. The molecule has 0 spiro atoms. The van der Waals surface area contributed by atoms with Crippen LogP contribution in [0.3, 0.4) is 0 Å². The Balaban J connectivity index is 1.42. The number of ether oxygens (including phenoxy) is 2. The van der Waals surface area contributed by atoms with Crippen LogP contribution in [0.25, 0.3) is 0 Å². The van der Waals surface area contributed by atoms with Crippen molar-refractivity contribution >= 4 is 11.9 Å². The second-order valence-corrected chi connectivity index (χ2v) is 9.48. The third kappa shape index (κ3) is 5.48. The van der Waals surface area contributed by atoms with Crippen LogP contribution in [0.4, 0.5) is 23.8 Å². The number of amides is 1. The summed E-state index contributed by atoms with van der Waals surface area (Å²) in [4.78, 5) is 24.4. The summed E-state index contributed by atoms with van der Waals surface area (Å²) in [6.07, 6.45) is -4.35. The molecule has 2 aliphatic rings. The monoisotopic (exact) mass is 464 g/mol. The SMILES string of the molecule is CC(C)(C)OC(=O)N1CC2CN(c3cncc(OC(c4ccccc4)C(F)(F)F)n3)CC2C1. The molecule has 0 saturated carbocycles. The van der Waals surface area contributed by atoms with Crippen LogP contribution in [0.5, 0.6) is 5.88 Å². The van der Waals surface area contributed by atoms with Crippen LogP contribution < -0.4 is 9.64 Å². The summed E-state index contributed by atoms with van der Waals surface area (Å²) in [7, 11) is 0. The van der Waals surface area contributed by atoms with E-state index in [-0.39, 0.29) is 29.4 Å². The number of alkyl halides is 3. The highest BCUT2D eigenvalue weighted by molar-refractivity contribution is 5.68. The predicted molar refractivity (Wildman–Crippen MR) is 115 cm³/mol. The Kier molecular flexibility index (Phi) is 6.11. The van der Waals surface area contributed by atoms with Crippen molar-refractivity contribution in [3.05, 3.63) is 48.3 Å². The standard InChI is InChI=1S/C23H27F3N4O3/c1-22(2,3)33-21(31)30-13-16-11-29(12-17(16)14-30)18-9-27-10-19(28-18)32-20(23(24,25)26)15-7-5-4-6-8-15/h4-10,16-17,20H,11-14H2,1-3H3. The van der Waals surface area contributed by atoms with Crippen molar-refractivity contribution in [2.45, 2.75) is 38.7 Å². The van der Waals surface area contributed by atoms with Crippen molar-refractivity contribution in [2.24, 2.45) is 11.8 Å². The van der Waals surface area contributed by atoms with Gasteiger partial charge in [-0.1, -0.05) is 30.3 Å². The number of aromatic nitrogens is 2. The largest absolute Gasteiger partial charge is 0.459 e. The summed E-state index contributed by atoms with van der Waals surface area (Å²) in [6.45, 7) is 7.90. The first-order valence-electron chi connectivity index (χ1n) is 10.8. The number of hydrogen-bond acceptors (Lipinski definition) is 6. The molecule has 7 nitrogen and oxygen atoms in total. The number of benzene rings is 1. The number of fused-ring (bicyclic) bond motifs is 1. The van der Waals surface area contributed by atoms with E-state index in [0.717, 1.165) is 0 Å². The molecule has 3 atom stereocenters. The van der Waals surface area contributed by atoms with E-state index in [9.17, 15) is 18.0 Å². The third-order valence-electron chi connectivity index (χ3n) is 5.70. The average Bonchev–Trinajstić information content (AvgIpc) is 3.30. The van der Waals surface area contributed by atoms with E-state index in [0.29, 0.717) is 32.0 Å². The molecule has 2 fully saturated rings. The lowest BCUT2D eigenvalue weighted by Crippen LogP contribution is -2.37. The maximum Gasteiger partial charge on any atom is 0.429 e. The highest BCUT2D eigenvalue weighted by Gasteiger charge is 2.45. The molecule has 3 heterocycles. The van der Waals surface area contributed by atoms with Gasteiger partial charge in [-0.3, -0.25) is 4.98 Å². The third-order valence-corrected chi connectivity index (χ3v) is 5.70. The summed E-state index contributed by atoms with van der Waals surface area (Å²) in [6, 6.07) is 7.44. The molecular formula is C23H27F3N4O3. The molecule has 2 saturated heterocycles. The van der Waals surface area contributed by atoms with E-state index in [4.69, 9.17) is 9.47 Å². The number of hydrogen-bond donors (Lipinski definition) is 0. The molecule has 178 valence electrons. The van der Waals surface area contributed by atoms with Gasteiger partial charge in [0.25, 0.3) is 0 Å². The van der Waals surface area contributed by atoms with Crippen molar-refractivity contribution in [3.8, 4) is 5.88 Å². The smallest absolute Gasteiger partial charge is 0.429 e. The van der Waals surface area contributed by atoms with Crippen LogP contribution in [0.1, 0.15) is 32.4 Å². The van der Waals surface area contributed by atoms with Gasteiger partial charge in [0.1, 0.15) is 5.60 Å². The van der Waals surface area contributed by atoms with E-state index in [1.807, 2.05) is 25.7 Å². The van der Waals surface area contributed by atoms with Crippen LogP contribution in [0.15, 0.2) is 42.7 Å². The first-order chi connectivity index (χ1) is 15.5. The van der Waals surface area contributed by atoms with Gasteiger partial charge < -0.3 is 19.3 Å². The van der Waals surface area contributed by atoms with Gasteiger partial charge >= 0.3 is 12.3 Å². The Morgan fingerprint density at radius 2 is 1.67 bits per heavy atom. The maximum absolute atomic E-state index is 13.6.